The van der Waals surface area contributed by atoms with E-state index in [2.05, 4.69) is 31.6 Å². The van der Waals surface area contributed by atoms with Gasteiger partial charge in [-0.1, -0.05) is 44.5 Å². The highest BCUT2D eigenvalue weighted by molar-refractivity contribution is 7.92. The summed E-state index contributed by atoms with van der Waals surface area (Å²) in [4.78, 5) is 50.5. The number of hydrogen-bond acceptors (Lipinski definition) is 17. The number of nitrogens with one attached hydrogen (secondary N) is 1. The van der Waals surface area contributed by atoms with Crippen molar-refractivity contribution >= 4 is 56.8 Å². The zero-order valence-corrected chi connectivity index (χ0v) is 37.1. The second kappa shape index (κ2) is 19.6. The van der Waals surface area contributed by atoms with Crippen LogP contribution in [0.4, 0.5) is 23.3 Å². The first-order valence-electron chi connectivity index (χ1n) is 20.4. The van der Waals surface area contributed by atoms with E-state index < -0.39 is 45.9 Å². The summed E-state index contributed by atoms with van der Waals surface area (Å²) in [5, 5.41) is 9.44. The number of sulfonamides is 1. The molecule has 1 aliphatic carbocycles. The molecule has 2 bridgehead atoms. The number of ether oxygens (including phenoxy) is 4. The van der Waals surface area contributed by atoms with Gasteiger partial charge in [-0.3, -0.25) is 14.3 Å². The molecule has 4 aliphatic heterocycles. The Bertz CT molecular complexity index is 2360. The van der Waals surface area contributed by atoms with E-state index in [1.807, 2.05) is 45.0 Å². The first-order chi connectivity index (χ1) is 29.9. The molecule has 8 N–H and O–H groups in total. The van der Waals surface area contributed by atoms with Gasteiger partial charge in [-0.2, -0.15) is 4.98 Å². The second-order valence-corrected chi connectivity index (χ2v) is 18.0. The number of anilines is 4. The van der Waals surface area contributed by atoms with Crippen LogP contribution in [-0.2, 0) is 50.0 Å². The van der Waals surface area contributed by atoms with Crippen molar-refractivity contribution in [2.45, 2.75) is 102 Å². The van der Waals surface area contributed by atoms with Crippen LogP contribution in [-0.4, -0.2) is 76.5 Å². The predicted octanol–water partition coefficient (Wildman–Crippen LogP) is 5.99. The summed E-state index contributed by atoms with van der Waals surface area (Å²) in [5.74, 6) is -1.09. The third-order valence-corrected chi connectivity index (χ3v) is 13.3. The number of benzene rings is 2. The number of nitrogens with zero attached hydrogens (tertiary/aromatic N) is 4. The second-order valence-electron chi connectivity index (χ2n) is 15.9. The number of esters is 1. The van der Waals surface area contributed by atoms with E-state index in [-0.39, 0.29) is 53.1 Å². The Balaban J connectivity index is 0.000000163. The maximum atomic E-state index is 12.1. The van der Waals surface area contributed by atoms with Crippen molar-refractivity contribution in [3.63, 3.8) is 0 Å². The number of aliphatic carboxylic acids is 1. The summed E-state index contributed by atoms with van der Waals surface area (Å²) in [7, 11) is -2.37. The molecular weight excluding hydrogens is 860 g/mol. The molecule has 1 spiro atoms. The molecule has 1 saturated carbocycles. The van der Waals surface area contributed by atoms with Gasteiger partial charge in [-0.25, -0.2) is 33.1 Å². The van der Waals surface area contributed by atoms with Crippen molar-refractivity contribution in [1.82, 2.24) is 19.9 Å². The third-order valence-electron chi connectivity index (χ3n) is 11.7. The van der Waals surface area contributed by atoms with E-state index in [4.69, 9.17) is 62.6 Å². The van der Waals surface area contributed by atoms with Crippen molar-refractivity contribution in [3.8, 4) is 17.0 Å². The molecule has 63 heavy (non-hydrogen) atoms. The monoisotopic (exact) mass is 912 g/mol. The lowest BCUT2D eigenvalue weighted by Gasteiger charge is -2.59. The number of aryl methyl sites for hydroxylation is 1. The van der Waals surface area contributed by atoms with Gasteiger partial charge in [-0.15, -0.1) is 0 Å². The highest BCUT2D eigenvalue weighted by Gasteiger charge is 2.69. The average molecular weight is 913 g/mol. The first kappa shape index (κ1) is 47.1. The number of halogens is 1. The Labute approximate surface area is 370 Å². The lowest BCUT2D eigenvalue weighted by Crippen LogP contribution is -2.70. The van der Waals surface area contributed by atoms with Gasteiger partial charge in [0.25, 0.3) is 15.9 Å². The Morgan fingerprint density at radius 3 is 2.32 bits per heavy atom. The number of aromatic nitrogens is 4. The SMILES string of the molecule is CCc1nc(N)nc(N)c1-c1ccc(Cl)cc1.COc1nccnc1NS(=O)(=O)c1ccc(N)cc1.C[C@H]1[C@H](OC(=O)CCC(=O)O)O[C@@H]2O[C@@]3(C)CC[C@H]4[C@H](C)CC[C@@H]1[C@@]24OO3. The van der Waals surface area contributed by atoms with Gasteiger partial charge < -0.3 is 41.3 Å². The molecule has 19 nitrogen and oxygen atoms in total. The summed E-state index contributed by atoms with van der Waals surface area (Å²) in [6.45, 7) is 8.06. The maximum absolute atomic E-state index is 12.1. The standard InChI is InChI=1S/C19H28O8.C12H13ClN4.C11H12N4O3S/c1-10-4-5-13-11(2)16(23-15(22)7-6-14(20)21)24-17-19(13)12(10)8-9-18(3,25-17)26-27-19;1-2-9-10(11(14)17-12(15)16-9)7-3-5-8(13)6-4-7;1-18-11-10(13-6-7-14-11)15-19(16,17)9-4-2-8(12)3-5-9/h10-13,16-17H,4-9H2,1-3H3,(H,20,21);3-6H,2H2,1H3,(H4,14,15,16,17);2-7H,12H2,1H3,(H,13,15)/t10-,11-,12+,13+,16-,17-,18-,19-;;/m1../s1. The molecule has 21 heteroatoms. The van der Waals surface area contributed by atoms with Gasteiger partial charge in [-0.05, 0) is 86.4 Å². The highest BCUT2D eigenvalue weighted by atomic mass is 35.5. The maximum Gasteiger partial charge on any atom is 0.308 e. The predicted molar refractivity (Wildman–Crippen MR) is 231 cm³/mol. The number of carbonyl (C=O) groups excluding carboxylic acids is 1. The number of nitrogen functional groups attached to an aromatic ring is 3. The molecule has 2 aromatic heterocycles. The summed E-state index contributed by atoms with van der Waals surface area (Å²) in [6, 6.07) is 13.2. The Hall–Kier alpha value is -5.38. The molecule has 2 aromatic carbocycles. The highest BCUT2D eigenvalue weighted by Crippen LogP contribution is 2.60. The zero-order valence-electron chi connectivity index (χ0n) is 35.5. The minimum absolute atomic E-state index is 0.0295. The number of methoxy groups -OCH3 is 1. The lowest BCUT2D eigenvalue weighted by molar-refractivity contribution is -0.576. The number of carboxylic acids is 1. The number of fused-ring (bicyclic) bond motifs is 2. The zero-order chi connectivity index (χ0) is 45.7. The third kappa shape index (κ3) is 10.5. The topological polar surface area (TPSA) is 286 Å². The Morgan fingerprint density at radius 2 is 1.65 bits per heavy atom. The summed E-state index contributed by atoms with van der Waals surface area (Å²) >= 11 is 5.86. The summed E-state index contributed by atoms with van der Waals surface area (Å²) in [6.07, 6.45) is 5.23. The molecule has 4 saturated heterocycles. The molecule has 0 amide bonds. The van der Waals surface area contributed by atoms with Crippen LogP contribution in [0.15, 0.2) is 65.8 Å². The lowest BCUT2D eigenvalue weighted by atomic mass is 9.58. The van der Waals surface area contributed by atoms with Gasteiger partial charge in [0.05, 0.1) is 30.5 Å². The van der Waals surface area contributed by atoms with E-state index >= 15 is 0 Å². The normalized spacial score (nSPS) is 26.9. The molecule has 8 atom stereocenters. The van der Waals surface area contributed by atoms with Gasteiger partial charge in [0.1, 0.15) is 5.82 Å². The van der Waals surface area contributed by atoms with Gasteiger partial charge >= 0.3 is 11.9 Å². The van der Waals surface area contributed by atoms with Crippen molar-refractivity contribution in [1.29, 1.82) is 0 Å². The van der Waals surface area contributed by atoms with Crippen LogP contribution in [0.5, 0.6) is 5.88 Å². The molecule has 9 rings (SSSR count). The largest absolute Gasteiger partial charge is 0.481 e. The quantitative estimate of drug-likeness (QED) is 0.0693. The van der Waals surface area contributed by atoms with Crippen LogP contribution >= 0.6 is 11.6 Å². The van der Waals surface area contributed by atoms with E-state index in [0.29, 0.717) is 28.9 Å². The van der Waals surface area contributed by atoms with E-state index in [1.54, 1.807) is 0 Å². The number of nitrogens with two attached hydrogens (primary N) is 3. The molecule has 5 fully saturated rings. The fraction of sp³-hybridized carbons (Fsp3) is 0.476. The number of carbonyl (C=O) groups is 2. The molecule has 4 aromatic rings. The molecule has 0 radical (unpaired) electrons. The van der Waals surface area contributed by atoms with Crippen LogP contribution < -0.4 is 26.7 Å². The first-order valence-corrected chi connectivity index (χ1v) is 22.3. The molecule has 340 valence electrons. The number of rotatable bonds is 10. The molecule has 6 heterocycles. The van der Waals surface area contributed by atoms with E-state index in [0.717, 1.165) is 42.5 Å². The van der Waals surface area contributed by atoms with Crippen LogP contribution in [0.3, 0.4) is 0 Å². The smallest absolute Gasteiger partial charge is 0.308 e. The van der Waals surface area contributed by atoms with E-state index in [1.165, 1.54) is 43.8 Å². The van der Waals surface area contributed by atoms with Crippen molar-refractivity contribution in [3.05, 3.63) is 71.6 Å². The summed E-state index contributed by atoms with van der Waals surface area (Å²) in [5.41, 5.74) is 19.4. The van der Waals surface area contributed by atoms with Crippen LogP contribution in [0.1, 0.15) is 71.9 Å². The van der Waals surface area contributed by atoms with E-state index in [9.17, 15) is 18.0 Å². The number of carboxylic acid groups (broad SMARTS) is 1. The van der Waals surface area contributed by atoms with Crippen molar-refractivity contribution in [2.75, 3.05) is 29.0 Å². The minimum Gasteiger partial charge on any atom is -0.481 e. The van der Waals surface area contributed by atoms with Gasteiger partial charge in [0.15, 0.2) is 11.9 Å². The fourth-order valence-electron chi connectivity index (χ4n) is 8.52. The number of hydrogen-bond donors (Lipinski definition) is 5. The van der Waals surface area contributed by atoms with Crippen LogP contribution in [0, 0.1) is 23.7 Å². The Kier molecular flexibility index (Phi) is 14.6. The summed E-state index contributed by atoms with van der Waals surface area (Å²) < 4.78 is 49.2. The average Bonchev–Trinajstić information content (AvgIpc) is 3.48. The van der Waals surface area contributed by atoms with Crippen LogP contribution in [0.25, 0.3) is 11.1 Å². The fourth-order valence-corrected chi connectivity index (χ4v) is 9.65. The minimum atomic E-state index is -3.75. The van der Waals surface area contributed by atoms with Crippen molar-refractivity contribution < 1.29 is 51.8 Å². The van der Waals surface area contributed by atoms with Crippen LogP contribution in [0.2, 0.25) is 5.02 Å². The Morgan fingerprint density at radius 1 is 0.952 bits per heavy atom. The van der Waals surface area contributed by atoms with Gasteiger partial charge in [0.2, 0.25) is 23.8 Å². The molecular formula is C42H53ClN8O11S. The molecule has 5 aliphatic rings. The molecule has 0 unspecified atom stereocenters. The van der Waals surface area contributed by atoms with Gasteiger partial charge in [0, 0.05) is 46.9 Å². The van der Waals surface area contributed by atoms with Crippen molar-refractivity contribution in [2.24, 2.45) is 23.7 Å².